The molecule has 0 aliphatic heterocycles. The predicted octanol–water partition coefficient (Wildman–Crippen LogP) is 4.92. The summed E-state index contributed by atoms with van der Waals surface area (Å²) in [5, 5.41) is 1.08. The first kappa shape index (κ1) is 16.3. The van der Waals surface area contributed by atoms with Crippen LogP contribution in [0.5, 0.6) is 0 Å². The number of carbonyl (C=O) groups is 1. The summed E-state index contributed by atoms with van der Waals surface area (Å²) in [5.74, 6) is 0.197. The molecule has 1 aromatic carbocycles. The highest BCUT2D eigenvalue weighted by Crippen LogP contribution is 2.24. The molecule has 0 heterocycles. The third-order valence-corrected chi connectivity index (χ3v) is 3.98. The highest BCUT2D eigenvalue weighted by molar-refractivity contribution is 6.42. The molecule has 0 saturated heterocycles. The van der Waals surface area contributed by atoms with E-state index >= 15 is 0 Å². The molecule has 19 heavy (non-hydrogen) atoms. The van der Waals surface area contributed by atoms with Gasteiger partial charge in [-0.2, -0.15) is 0 Å². The summed E-state index contributed by atoms with van der Waals surface area (Å²) in [4.78, 5) is 14.1. The van der Waals surface area contributed by atoms with E-state index in [0.29, 0.717) is 23.0 Å². The van der Waals surface area contributed by atoms with E-state index in [-0.39, 0.29) is 11.9 Å². The lowest BCUT2D eigenvalue weighted by Gasteiger charge is -2.29. The highest BCUT2D eigenvalue weighted by atomic mass is 35.5. The Balaban J connectivity index is 2.87. The Morgan fingerprint density at radius 3 is 2.47 bits per heavy atom. The molecule has 2 nitrogen and oxygen atoms in total. The number of nitrogens with zero attached hydrogens (tertiary/aromatic N) is 1. The number of hydrogen-bond donors (Lipinski definition) is 0. The van der Waals surface area contributed by atoms with E-state index in [4.69, 9.17) is 23.2 Å². The Kier molecular flexibility index (Phi) is 6.67. The van der Waals surface area contributed by atoms with Crippen molar-refractivity contribution in [2.75, 3.05) is 0 Å². The van der Waals surface area contributed by atoms with E-state index in [1.807, 2.05) is 24.0 Å². The standard InChI is InChI=1S/C15H21Cl2NO/c1-4-6-15(19)18(11(3)5-2)10-12-7-8-13(16)14(17)9-12/h7-9,11H,4-6,10H2,1-3H3. The molecule has 1 aromatic rings. The fourth-order valence-corrected chi connectivity index (χ4v) is 2.22. The van der Waals surface area contributed by atoms with Crippen molar-refractivity contribution in [2.45, 2.75) is 52.6 Å². The normalized spacial score (nSPS) is 12.3. The van der Waals surface area contributed by atoms with Crippen LogP contribution in [0.25, 0.3) is 0 Å². The van der Waals surface area contributed by atoms with Gasteiger partial charge >= 0.3 is 0 Å². The van der Waals surface area contributed by atoms with E-state index in [1.165, 1.54) is 0 Å². The fraction of sp³-hybridized carbons (Fsp3) is 0.533. The first-order valence-corrected chi connectivity index (χ1v) is 7.48. The van der Waals surface area contributed by atoms with Crippen molar-refractivity contribution in [1.82, 2.24) is 4.90 Å². The Morgan fingerprint density at radius 1 is 1.26 bits per heavy atom. The molecule has 0 saturated carbocycles. The minimum Gasteiger partial charge on any atom is -0.336 e. The number of carbonyl (C=O) groups excluding carboxylic acids is 1. The third kappa shape index (κ3) is 4.70. The molecule has 0 aromatic heterocycles. The summed E-state index contributed by atoms with van der Waals surface area (Å²) < 4.78 is 0. The van der Waals surface area contributed by atoms with Crippen LogP contribution in [0.3, 0.4) is 0 Å². The van der Waals surface area contributed by atoms with Gasteiger partial charge in [0.15, 0.2) is 0 Å². The number of benzene rings is 1. The van der Waals surface area contributed by atoms with Gasteiger partial charge in [0.25, 0.3) is 0 Å². The topological polar surface area (TPSA) is 20.3 Å². The Hall–Kier alpha value is -0.730. The minimum absolute atomic E-state index is 0.197. The largest absolute Gasteiger partial charge is 0.336 e. The maximum atomic E-state index is 12.2. The lowest BCUT2D eigenvalue weighted by atomic mass is 10.1. The van der Waals surface area contributed by atoms with Crippen molar-refractivity contribution in [3.8, 4) is 0 Å². The van der Waals surface area contributed by atoms with Gasteiger partial charge in [-0.1, -0.05) is 43.1 Å². The molecule has 0 fully saturated rings. The van der Waals surface area contributed by atoms with Crippen molar-refractivity contribution in [2.24, 2.45) is 0 Å². The summed E-state index contributed by atoms with van der Waals surface area (Å²) in [6.45, 7) is 6.77. The van der Waals surface area contributed by atoms with E-state index < -0.39 is 0 Å². The van der Waals surface area contributed by atoms with E-state index in [1.54, 1.807) is 6.07 Å². The van der Waals surface area contributed by atoms with Crippen molar-refractivity contribution in [3.63, 3.8) is 0 Å². The van der Waals surface area contributed by atoms with Crippen LogP contribution in [0, 0.1) is 0 Å². The zero-order valence-electron chi connectivity index (χ0n) is 11.7. The highest BCUT2D eigenvalue weighted by Gasteiger charge is 2.18. The summed E-state index contributed by atoms with van der Waals surface area (Å²) >= 11 is 11.9. The Labute approximate surface area is 125 Å². The number of halogens is 2. The van der Waals surface area contributed by atoms with Gasteiger partial charge in [0.05, 0.1) is 10.0 Å². The average Bonchev–Trinajstić information content (AvgIpc) is 2.39. The second-order valence-corrected chi connectivity index (χ2v) is 5.59. The molecule has 1 atom stereocenters. The van der Waals surface area contributed by atoms with Crippen LogP contribution in [0.1, 0.15) is 45.6 Å². The van der Waals surface area contributed by atoms with Crippen LogP contribution in [-0.2, 0) is 11.3 Å². The minimum atomic E-state index is 0.197. The summed E-state index contributed by atoms with van der Waals surface area (Å²) in [5.41, 5.74) is 1.01. The lowest BCUT2D eigenvalue weighted by molar-refractivity contribution is -0.134. The molecular weight excluding hydrogens is 281 g/mol. The maximum Gasteiger partial charge on any atom is 0.223 e. The fourth-order valence-electron chi connectivity index (χ4n) is 1.90. The van der Waals surface area contributed by atoms with Crippen molar-refractivity contribution in [1.29, 1.82) is 0 Å². The van der Waals surface area contributed by atoms with Gasteiger partial charge in [0, 0.05) is 19.0 Å². The quantitative estimate of drug-likeness (QED) is 0.730. The Morgan fingerprint density at radius 2 is 1.95 bits per heavy atom. The SMILES string of the molecule is CCCC(=O)N(Cc1ccc(Cl)c(Cl)c1)C(C)CC. The molecule has 0 aliphatic rings. The molecule has 0 aliphatic carbocycles. The number of amides is 1. The van der Waals surface area contributed by atoms with E-state index in [2.05, 4.69) is 13.8 Å². The molecule has 0 bridgehead atoms. The molecule has 106 valence electrons. The predicted molar refractivity (Wildman–Crippen MR) is 81.7 cm³/mol. The number of rotatable bonds is 6. The van der Waals surface area contributed by atoms with Crippen molar-refractivity contribution in [3.05, 3.63) is 33.8 Å². The molecular formula is C15H21Cl2NO. The van der Waals surface area contributed by atoms with Gasteiger partial charge in [-0.3, -0.25) is 4.79 Å². The molecule has 1 rings (SSSR count). The van der Waals surface area contributed by atoms with Gasteiger partial charge in [-0.15, -0.1) is 0 Å². The smallest absolute Gasteiger partial charge is 0.223 e. The average molecular weight is 302 g/mol. The lowest BCUT2D eigenvalue weighted by Crippen LogP contribution is -2.37. The van der Waals surface area contributed by atoms with Crippen LogP contribution in [0.15, 0.2) is 18.2 Å². The molecule has 1 unspecified atom stereocenters. The third-order valence-electron chi connectivity index (χ3n) is 3.24. The van der Waals surface area contributed by atoms with Crippen LogP contribution in [0.4, 0.5) is 0 Å². The zero-order chi connectivity index (χ0) is 14.4. The molecule has 0 N–H and O–H groups in total. The van der Waals surface area contributed by atoms with Crippen LogP contribution < -0.4 is 0 Å². The van der Waals surface area contributed by atoms with E-state index in [9.17, 15) is 4.79 Å². The first-order valence-electron chi connectivity index (χ1n) is 6.73. The summed E-state index contributed by atoms with van der Waals surface area (Å²) in [7, 11) is 0. The Bertz CT molecular complexity index is 434. The van der Waals surface area contributed by atoms with Gasteiger partial charge in [-0.25, -0.2) is 0 Å². The second kappa shape index (κ2) is 7.76. The molecule has 1 amide bonds. The van der Waals surface area contributed by atoms with E-state index in [0.717, 1.165) is 18.4 Å². The van der Waals surface area contributed by atoms with Gasteiger partial charge in [0.1, 0.15) is 0 Å². The van der Waals surface area contributed by atoms with Gasteiger partial charge in [-0.05, 0) is 37.5 Å². The monoisotopic (exact) mass is 301 g/mol. The summed E-state index contributed by atoms with van der Waals surface area (Å²) in [6, 6.07) is 5.76. The number of hydrogen-bond acceptors (Lipinski definition) is 1. The van der Waals surface area contributed by atoms with Gasteiger partial charge in [0.2, 0.25) is 5.91 Å². The van der Waals surface area contributed by atoms with Crippen molar-refractivity contribution >= 4 is 29.1 Å². The van der Waals surface area contributed by atoms with Crippen LogP contribution in [-0.4, -0.2) is 16.8 Å². The van der Waals surface area contributed by atoms with Crippen LogP contribution in [0.2, 0.25) is 10.0 Å². The first-order chi connectivity index (χ1) is 8.99. The summed E-state index contributed by atoms with van der Waals surface area (Å²) in [6.07, 6.45) is 2.40. The molecule has 0 radical (unpaired) electrons. The maximum absolute atomic E-state index is 12.2. The van der Waals surface area contributed by atoms with Crippen molar-refractivity contribution < 1.29 is 4.79 Å². The zero-order valence-corrected chi connectivity index (χ0v) is 13.3. The van der Waals surface area contributed by atoms with Gasteiger partial charge < -0.3 is 4.90 Å². The molecule has 4 heteroatoms. The van der Waals surface area contributed by atoms with Crippen LogP contribution >= 0.6 is 23.2 Å². The molecule has 0 spiro atoms. The second-order valence-electron chi connectivity index (χ2n) is 4.78.